The first kappa shape index (κ1) is 32.0. The molecule has 1 unspecified atom stereocenters. The minimum atomic E-state index is -0.332. The molecule has 4 heterocycles. The molecular formula is C30H44F2N4O4. The van der Waals surface area contributed by atoms with Gasteiger partial charge in [0, 0.05) is 55.4 Å². The van der Waals surface area contributed by atoms with Gasteiger partial charge in [0.1, 0.15) is 11.6 Å². The SMILES string of the molecule is CC(C)[C@H](CO)NCc1nc(C2=COCC2)ccc1F.CC(C)[C@H](CO)NCc1nc(C2CCOC2)ccc1F. The van der Waals surface area contributed by atoms with Crippen LogP contribution in [0.25, 0.3) is 5.57 Å². The molecule has 2 aromatic rings. The predicted octanol–water partition coefficient (Wildman–Crippen LogP) is 3.92. The van der Waals surface area contributed by atoms with E-state index in [1.54, 1.807) is 18.4 Å². The van der Waals surface area contributed by atoms with Crippen LogP contribution in [0.15, 0.2) is 30.5 Å². The Kier molecular flexibility index (Phi) is 12.9. The summed E-state index contributed by atoms with van der Waals surface area (Å²) in [6.45, 7) is 10.8. The van der Waals surface area contributed by atoms with E-state index in [2.05, 4.69) is 20.6 Å². The van der Waals surface area contributed by atoms with E-state index in [0.717, 1.165) is 36.4 Å². The lowest BCUT2D eigenvalue weighted by molar-refractivity contribution is 0.193. The van der Waals surface area contributed by atoms with Gasteiger partial charge in [0.05, 0.1) is 49.8 Å². The molecule has 1 saturated heterocycles. The largest absolute Gasteiger partial charge is 0.500 e. The summed E-state index contributed by atoms with van der Waals surface area (Å²) in [5.74, 6) is 0.196. The van der Waals surface area contributed by atoms with Gasteiger partial charge in [-0.15, -0.1) is 0 Å². The van der Waals surface area contributed by atoms with Crippen LogP contribution in [0, 0.1) is 23.5 Å². The first-order chi connectivity index (χ1) is 19.2. The Morgan fingerprint density at radius 3 is 1.98 bits per heavy atom. The van der Waals surface area contributed by atoms with E-state index < -0.39 is 0 Å². The maximum atomic E-state index is 13.8. The summed E-state index contributed by atoms with van der Waals surface area (Å²) in [5.41, 5.74) is 3.42. The van der Waals surface area contributed by atoms with Crippen molar-refractivity contribution in [3.8, 4) is 0 Å². The number of ether oxygens (including phenoxy) is 2. The Labute approximate surface area is 236 Å². The highest BCUT2D eigenvalue weighted by atomic mass is 19.1. The molecule has 0 spiro atoms. The number of aliphatic hydroxyl groups is 2. The summed E-state index contributed by atoms with van der Waals surface area (Å²) < 4.78 is 38.1. The van der Waals surface area contributed by atoms with E-state index in [9.17, 15) is 19.0 Å². The van der Waals surface area contributed by atoms with E-state index in [1.165, 1.54) is 12.1 Å². The molecule has 8 nitrogen and oxygen atoms in total. The van der Waals surface area contributed by atoms with Crippen LogP contribution in [0.2, 0.25) is 0 Å². The normalized spacial score (nSPS) is 18.4. The Morgan fingerprint density at radius 2 is 1.48 bits per heavy atom. The molecule has 0 bridgehead atoms. The molecule has 2 aliphatic heterocycles. The van der Waals surface area contributed by atoms with Crippen molar-refractivity contribution in [3.63, 3.8) is 0 Å². The Morgan fingerprint density at radius 1 is 0.875 bits per heavy atom. The number of hydrogen-bond acceptors (Lipinski definition) is 8. The number of nitrogens with one attached hydrogen (secondary N) is 2. The van der Waals surface area contributed by atoms with Gasteiger partial charge in [0.15, 0.2) is 0 Å². The standard InChI is InChI=1S/C15H23FN2O2.C15H21FN2O2/c2*1-10(2)15(8-19)17-7-14-12(16)3-4-13(18-14)11-5-6-20-9-11/h3-4,10-11,15,17,19H,5-9H2,1-2H3;3-4,9-10,15,17,19H,5-8H2,1-2H3/t11?,15-;15-/m00/s1. The Bertz CT molecular complexity index is 1090. The van der Waals surface area contributed by atoms with Gasteiger partial charge in [-0.2, -0.15) is 0 Å². The van der Waals surface area contributed by atoms with Crippen molar-refractivity contribution in [2.45, 2.75) is 71.6 Å². The van der Waals surface area contributed by atoms with Crippen molar-refractivity contribution in [1.82, 2.24) is 20.6 Å². The smallest absolute Gasteiger partial charge is 0.146 e. The van der Waals surface area contributed by atoms with Crippen LogP contribution < -0.4 is 10.6 Å². The van der Waals surface area contributed by atoms with Crippen LogP contribution >= 0.6 is 0 Å². The number of halogens is 2. The zero-order valence-electron chi connectivity index (χ0n) is 24.0. The second kappa shape index (κ2) is 16.1. The zero-order valence-corrected chi connectivity index (χ0v) is 24.0. The van der Waals surface area contributed by atoms with Gasteiger partial charge >= 0.3 is 0 Å². The number of aliphatic hydroxyl groups excluding tert-OH is 2. The quantitative estimate of drug-likeness (QED) is 0.308. The lowest BCUT2D eigenvalue weighted by Gasteiger charge is -2.20. The molecular weight excluding hydrogens is 518 g/mol. The lowest BCUT2D eigenvalue weighted by Crippen LogP contribution is -2.37. The summed E-state index contributed by atoms with van der Waals surface area (Å²) in [7, 11) is 0. The average molecular weight is 563 g/mol. The fourth-order valence-electron chi connectivity index (χ4n) is 4.46. The molecule has 4 rings (SSSR count). The van der Waals surface area contributed by atoms with E-state index in [0.29, 0.717) is 37.7 Å². The molecule has 0 aliphatic carbocycles. The third-order valence-corrected chi connectivity index (χ3v) is 7.32. The van der Waals surface area contributed by atoms with Crippen molar-refractivity contribution >= 4 is 5.57 Å². The molecule has 10 heteroatoms. The summed E-state index contributed by atoms with van der Waals surface area (Å²) in [6, 6.07) is 6.21. The number of nitrogens with zero attached hydrogens (tertiary/aromatic N) is 2. The van der Waals surface area contributed by atoms with Crippen molar-refractivity contribution in [1.29, 1.82) is 0 Å². The van der Waals surface area contributed by atoms with Gasteiger partial charge in [0.2, 0.25) is 0 Å². The number of aromatic nitrogens is 2. The maximum Gasteiger partial charge on any atom is 0.146 e. The van der Waals surface area contributed by atoms with Gasteiger partial charge in [0.25, 0.3) is 0 Å². The first-order valence-corrected chi connectivity index (χ1v) is 14.1. The highest BCUT2D eigenvalue weighted by molar-refractivity contribution is 5.62. The predicted molar refractivity (Wildman–Crippen MR) is 150 cm³/mol. The molecule has 0 saturated carbocycles. The number of hydrogen-bond donors (Lipinski definition) is 4. The summed E-state index contributed by atoms with van der Waals surface area (Å²) in [6.07, 6.45) is 3.43. The molecule has 2 aliphatic rings. The van der Waals surface area contributed by atoms with Crippen LogP contribution in [0.3, 0.4) is 0 Å². The summed E-state index contributed by atoms with van der Waals surface area (Å²) in [4.78, 5) is 8.77. The highest BCUT2D eigenvalue weighted by Crippen LogP contribution is 2.24. The Balaban J connectivity index is 0.000000220. The topological polar surface area (TPSA) is 109 Å². The molecule has 1 fully saturated rings. The average Bonchev–Trinajstić information content (AvgIpc) is 3.67. The van der Waals surface area contributed by atoms with E-state index in [4.69, 9.17) is 9.47 Å². The zero-order chi connectivity index (χ0) is 29.1. The molecule has 222 valence electrons. The van der Waals surface area contributed by atoms with E-state index >= 15 is 0 Å². The summed E-state index contributed by atoms with van der Waals surface area (Å²) in [5, 5.41) is 24.8. The highest BCUT2D eigenvalue weighted by Gasteiger charge is 2.21. The van der Waals surface area contributed by atoms with Crippen molar-refractivity contribution in [2.75, 3.05) is 33.0 Å². The number of pyridine rings is 2. The molecule has 0 radical (unpaired) electrons. The van der Waals surface area contributed by atoms with Crippen LogP contribution in [0.4, 0.5) is 8.78 Å². The molecule has 3 atom stereocenters. The Hall–Kier alpha value is -2.50. The monoisotopic (exact) mass is 562 g/mol. The van der Waals surface area contributed by atoms with Crippen molar-refractivity contribution < 1.29 is 28.5 Å². The molecule has 0 amide bonds. The molecule has 4 N–H and O–H groups in total. The van der Waals surface area contributed by atoms with Gasteiger partial charge in [-0.1, -0.05) is 27.7 Å². The van der Waals surface area contributed by atoms with Gasteiger partial charge in [-0.25, -0.2) is 13.8 Å². The summed E-state index contributed by atoms with van der Waals surface area (Å²) >= 11 is 0. The van der Waals surface area contributed by atoms with Crippen LogP contribution in [-0.4, -0.2) is 65.3 Å². The van der Waals surface area contributed by atoms with Gasteiger partial charge < -0.3 is 30.3 Å². The van der Waals surface area contributed by atoms with Crippen LogP contribution in [0.1, 0.15) is 69.2 Å². The molecule has 40 heavy (non-hydrogen) atoms. The lowest BCUT2D eigenvalue weighted by atomic mass is 10.0. The van der Waals surface area contributed by atoms with Gasteiger partial charge in [-0.05, 0) is 42.5 Å². The van der Waals surface area contributed by atoms with Crippen molar-refractivity contribution in [2.24, 2.45) is 11.8 Å². The van der Waals surface area contributed by atoms with Gasteiger partial charge in [-0.3, -0.25) is 4.98 Å². The maximum absolute atomic E-state index is 13.8. The van der Waals surface area contributed by atoms with E-state index in [1.807, 2.05) is 27.7 Å². The second-order valence-corrected chi connectivity index (χ2v) is 10.9. The molecule has 2 aromatic heterocycles. The minimum Gasteiger partial charge on any atom is -0.500 e. The van der Waals surface area contributed by atoms with Crippen LogP contribution in [0.5, 0.6) is 0 Å². The third-order valence-electron chi connectivity index (χ3n) is 7.32. The van der Waals surface area contributed by atoms with Crippen LogP contribution in [-0.2, 0) is 22.6 Å². The minimum absolute atomic E-state index is 0.0258. The second-order valence-electron chi connectivity index (χ2n) is 10.9. The fourth-order valence-corrected chi connectivity index (χ4v) is 4.46. The first-order valence-electron chi connectivity index (χ1n) is 14.1. The molecule has 0 aromatic carbocycles. The van der Waals surface area contributed by atoms with E-state index in [-0.39, 0.29) is 54.7 Å². The fraction of sp³-hybridized carbons (Fsp3) is 0.600. The third kappa shape index (κ3) is 9.27. The van der Waals surface area contributed by atoms with Crippen molar-refractivity contribution in [3.05, 3.63) is 64.9 Å². The number of rotatable bonds is 12.